The second-order valence-corrected chi connectivity index (χ2v) is 9.53. The molecule has 0 saturated heterocycles. The molecule has 0 aromatic heterocycles. The lowest BCUT2D eigenvalue weighted by Crippen LogP contribution is -2.44. The molecule has 0 saturated carbocycles. The molecule has 3 rings (SSSR count). The highest BCUT2D eigenvalue weighted by Crippen LogP contribution is 2.43. The van der Waals surface area contributed by atoms with Crippen LogP contribution in [0.15, 0.2) is 47.4 Å². The van der Waals surface area contributed by atoms with E-state index in [1.165, 1.54) is 4.31 Å². The van der Waals surface area contributed by atoms with Crippen molar-refractivity contribution in [3.8, 4) is 11.1 Å². The number of nitrogens with one attached hydrogen (secondary N) is 1. The van der Waals surface area contributed by atoms with Gasteiger partial charge in [-0.05, 0) is 43.0 Å². The van der Waals surface area contributed by atoms with E-state index in [9.17, 15) is 13.2 Å². The number of anilines is 1. The predicted octanol–water partition coefficient (Wildman–Crippen LogP) is 4.29. The molecule has 2 aromatic rings. The maximum atomic E-state index is 13.3. The average molecular weight is 401 g/mol. The summed E-state index contributed by atoms with van der Waals surface area (Å²) < 4.78 is 27.8. The number of sulfonamides is 1. The first-order valence-corrected chi connectivity index (χ1v) is 11.2. The molecule has 0 radical (unpaired) electrons. The van der Waals surface area contributed by atoms with E-state index in [1.54, 1.807) is 12.1 Å². The van der Waals surface area contributed by atoms with E-state index in [0.29, 0.717) is 17.2 Å². The summed E-state index contributed by atoms with van der Waals surface area (Å²) in [5, 5.41) is 2.91. The third-order valence-electron chi connectivity index (χ3n) is 5.12. The van der Waals surface area contributed by atoms with Crippen molar-refractivity contribution in [3.63, 3.8) is 0 Å². The monoisotopic (exact) mass is 400 g/mol. The summed E-state index contributed by atoms with van der Waals surface area (Å²) in [5.74, 6) is 0.0328. The second kappa shape index (κ2) is 7.95. The Balaban J connectivity index is 2.06. The van der Waals surface area contributed by atoms with Gasteiger partial charge in [0, 0.05) is 17.2 Å². The van der Waals surface area contributed by atoms with Gasteiger partial charge in [-0.1, -0.05) is 51.5 Å². The molecule has 1 amide bonds. The number of hydrogen-bond acceptors (Lipinski definition) is 3. The van der Waals surface area contributed by atoms with Crippen LogP contribution in [0.3, 0.4) is 0 Å². The highest BCUT2D eigenvalue weighted by Gasteiger charge is 2.36. The Bertz CT molecular complexity index is 983. The zero-order chi connectivity index (χ0) is 20.5. The van der Waals surface area contributed by atoms with Gasteiger partial charge in [-0.2, -0.15) is 0 Å². The Morgan fingerprint density at radius 1 is 1.07 bits per heavy atom. The van der Waals surface area contributed by atoms with Gasteiger partial charge in [0.05, 0.1) is 10.6 Å². The van der Waals surface area contributed by atoms with E-state index in [-0.39, 0.29) is 23.4 Å². The summed E-state index contributed by atoms with van der Waals surface area (Å²) in [5.41, 5.74) is 3.23. The number of carbonyl (C=O) groups excluding carboxylic acids is 1. The predicted molar refractivity (Wildman–Crippen MR) is 113 cm³/mol. The van der Waals surface area contributed by atoms with Crippen LogP contribution in [0.5, 0.6) is 0 Å². The fourth-order valence-corrected chi connectivity index (χ4v) is 5.28. The fraction of sp³-hybridized carbons (Fsp3) is 0.409. The lowest BCUT2D eigenvalue weighted by molar-refractivity contribution is -0.120. The average Bonchev–Trinajstić information content (AvgIpc) is 2.65. The Kier molecular flexibility index (Phi) is 5.79. The standard InChI is InChI=1S/C22H28N2O3S/c1-5-8-16(4)23-22(25)14-24-20-12-11-17(15(2)3)13-19(20)18-9-6-7-10-21(18)28(24,26)27/h6-7,9-13,15-16H,5,8,14H2,1-4H3,(H,23,25)/t16-/m0/s1. The maximum absolute atomic E-state index is 13.3. The topological polar surface area (TPSA) is 66.5 Å². The van der Waals surface area contributed by atoms with Crippen LogP contribution in [0.4, 0.5) is 5.69 Å². The molecular weight excluding hydrogens is 372 g/mol. The van der Waals surface area contributed by atoms with Gasteiger partial charge in [-0.3, -0.25) is 9.10 Å². The first kappa shape index (κ1) is 20.4. The van der Waals surface area contributed by atoms with Gasteiger partial charge in [0.25, 0.3) is 10.0 Å². The van der Waals surface area contributed by atoms with E-state index in [2.05, 4.69) is 26.1 Å². The van der Waals surface area contributed by atoms with Crippen LogP contribution >= 0.6 is 0 Å². The summed E-state index contributed by atoms with van der Waals surface area (Å²) in [7, 11) is -3.80. The number of carbonyl (C=O) groups is 1. The highest BCUT2D eigenvalue weighted by molar-refractivity contribution is 7.93. The third kappa shape index (κ3) is 3.78. The molecule has 150 valence electrons. The van der Waals surface area contributed by atoms with E-state index in [0.717, 1.165) is 24.0 Å². The summed E-state index contributed by atoms with van der Waals surface area (Å²) in [6.07, 6.45) is 1.81. The fourth-order valence-electron chi connectivity index (χ4n) is 3.63. The molecule has 1 aliphatic rings. The van der Waals surface area contributed by atoms with Crippen molar-refractivity contribution in [2.24, 2.45) is 0 Å². The van der Waals surface area contributed by atoms with E-state index in [4.69, 9.17) is 0 Å². The minimum atomic E-state index is -3.80. The van der Waals surface area contributed by atoms with Crippen LogP contribution in [0, 0.1) is 0 Å². The van der Waals surface area contributed by atoms with Gasteiger partial charge in [0.1, 0.15) is 6.54 Å². The lowest BCUT2D eigenvalue weighted by atomic mass is 9.95. The van der Waals surface area contributed by atoms with Crippen LogP contribution < -0.4 is 9.62 Å². The SMILES string of the molecule is CCC[C@H](C)NC(=O)CN1c2ccc(C(C)C)cc2-c2ccccc2S1(=O)=O. The van der Waals surface area contributed by atoms with Gasteiger partial charge >= 0.3 is 0 Å². The van der Waals surface area contributed by atoms with Gasteiger partial charge < -0.3 is 5.32 Å². The molecule has 0 unspecified atom stereocenters. The number of amides is 1. The molecule has 0 bridgehead atoms. The number of rotatable bonds is 6. The zero-order valence-corrected chi connectivity index (χ0v) is 17.7. The second-order valence-electron chi connectivity index (χ2n) is 7.70. The van der Waals surface area contributed by atoms with Crippen molar-refractivity contribution in [3.05, 3.63) is 48.0 Å². The molecule has 0 fully saturated rings. The minimum Gasteiger partial charge on any atom is -0.352 e. The molecule has 1 atom stereocenters. The van der Waals surface area contributed by atoms with Crippen molar-refractivity contribution in [1.29, 1.82) is 0 Å². The first-order chi connectivity index (χ1) is 13.3. The smallest absolute Gasteiger partial charge is 0.265 e. The minimum absolute atomic E-state index is 0.0140. The largest absolute Gasteiger partial charge is 0.352 e. The summed E-state index contributed by atoms with van der Waals surface area (Å²) in [4.78, 5) is 12.8. The molecule has 6 heteroatoms. The van der Waals surface area contributed by atoms with Crippen molar-refractivity contribution in [1.82, 2.24) is 5.32 Å². The summed E-state index contributed by atoms with van der Waals surface area (Å²) in [6, 6.07) is 12.8. The van der Waals surface area contributed by atoms with Crippen LogP contribution in [-0.4, -0.2) is 26.9 Å². The Hall–Kier alpha value is -2.34. The molecule has 1 aliphatic heterocycles. The van der Waals surface area contributed by atoms with E-state index in [1.807, 2.05) is 37.3 Å². The molecule has 2 aromatic carbocycles. The quantitative estimate of drug-likeness (QED) is 0.786. The normalized spacial score (nSPS) is 15.7. The summed E-state index contributed by atoms with van der Waals surface area (Å²) >= 11 is 0. The third-order valence-corrected chi connectivity index (χ3v) is 6.94. The van der Waals surface area contributed by atoms with Crippen LogP contribution in [0.25, 0.3) is 11.1 Å². The van der Waals surface area contributed by atoms with Crippen LogP contribution in [0.2, 0.25) is 0 Å². The van der Waals surface area contributed by atoms with Crippen molar-refractivity contribution in [2.45, 2.75) is 57.4 Å². The van der Waals surface area contributed by atoms with E-state index < -0.39 is 10.0 Å². The lowest BCUT2D eigenvalue weighted by Gasteiger charge is -2.32. The number of benzene rings is 2. The molecule has 1 heterocycles. The van der Waals surface area contributed by atoms with Gasteiger partial charge in [-0.25, -0.2) is 8.42 Å². The van der Waals surface area contributed by atoms with Gasteiger partial charge in [0.2, 0.25) is 5.91 Å². The number of hydrogen-bond donors (Lipinski definition) is 1. The molecule has 5 nitrogen and oxygen atoms in total. The van der Waals surface area contributed by atoms with Crippen molar-refractivity contribution in [2.75, 3.05) is 10.8 Å². The van der Waals surface area contributed by atoms with Gasteiger partial charge in [-0.15, -0.1) is 0 Å². The van der Waals surface area contributed by atoms with E-state index >= 15 is 0 Å². The highest BCUT2D eigenvalue weighted by atomic mass is 32.2. The van der Waals surface area contributed by atoms with Crippen LogP contribution in [0.1, 0.15) is 52.0 Å². The molecule has 0 aliphatic carbocycles. The maximum Gasteiger partial charge on any atom is 0.265 e. The summed E-state index contributed by atoms with van der Waals surface area (Å²) in [6.45, 7) is 7.97. The first-order valence-electron chi connectivity index (χ1n) is 9.81. The molecule has 0 spiro atoms. The van der Waals surface area contributed by atoms with Gasteiger partial charge in [0.15, 0.2) is 0 Å². The Morgan fingerprint density at radius 3 is 2.46 bits per heavy atom. The zero-order valence-electron chi connectivity index (χ0n) is 16.9. The molecular formula is C22H28N2O3S. The van der Waals surface area contributed by atoms with Crippen LogP contribution in [-0.2, 0) is 14.8 Å². The number of fused-ring (bicyclic) bond motifs is 3. The Morgan fingerprint density at radius 2 is 1.79 bits per heavy atom. The Labute approximate surface area is 167 Å². The molecule has 28 heavy (non-hydrogen) atoms. The molecule has 1 N–H and O–H groups in total. The number of nitrogens with zero attached hydrogens (tertiary/aromatic N) is 1. The van der Waals surface area contributed by atoms with Crippen molar-refractivity contribution >= 4 is 21.6 Å². The van der Waals surface area contributed by atoms with Crippen molar-refractivity contribution < 1.29 is 13.2 Å².